The Labute approximate surface area is 97.8 Å². The van der Waals surface area contributed by atoms with Gasteiger partial charge in [0.15, 0.2) is 4.90 Å². The number of para-hydroxylation sites is 1. The number of hydrogen-bond donors (Lipinski definition) is 2. The normalized spacial score (nSPS) is 23.4. The van der Waals surface area contributed by atoms with Crippen LogP contribution in [-0.2, 0) is 10.0 Å². The molecule has 0 amide bonds. The fourth-order valence-corrected chi connectivity index (χ4v) is 2.92. The third kappa shape index (κ3) is 2.43. The van der Waals surface area contributed by atoms with Gasteiger partial charge in [0.2, 0.25) is 10.0 Å². The van der Waals surface area contributed by atoms with Gasteiger partial charge in [-0.05, 0) is 12.5 Å². The van der Waals surface area contributed by atoms with Gasteiger partial charge in [0.05, 0.1) is 4.92 Å². The molecular weight excluding hydrogens is 246 g/mol. The van der Waals surface area contributed by atoms with Crippen LogP contribution in [0.3, 0.4) is 0 Å². The fourth-order valence-electron chi connectivity index (χ4n) is 1.45. The molecule has 0 spiro atoms. The molecule has 1 aliphatic carbocycles. The lowest BCUT2D eigenvalue weighted by Crippen LogP contribution is -2.30. The van der Waals surface area contributed by atoms with Crippen molar-refractivity contribution in [3.8, 4) is 0 Å². The highest BCUT2D eigenvalue weighted by Gasteiger charge is 2.38. The van der Waals surface area contributed by atoms with Crippen molar-refractivity contribution in [2.75, 3.05) is 0 Å². The molecule has 2 atom stereocenters. The molecular formula is C9H11N3O4S. The molecule has 92 valence electrons. The molecule has 0 bridgehead atoms. The minimum atomic E-state index is -3.88. The molecule has 2 rings (SSSR count). The minimum absolute atomic E-state index is 0.201. The molecule has 1 aliphatic rings. The van der Waals surface area contributed by atoms with Crippen molar-refractivity contribution in [1.82, 2.24) is 4.72 Å². The molecule has 0 aliphatic heterocycles. The smallest absolute Gasteiger partial charge is 0.289 e. The second kappa shape index (κ2) is 4.06. The van der Waals surface area contributed by atoms with E-state index >= 15 is 0 Å². The summed E-state index contributed by atoms with van der Waals surface area (Å²) in [5, 5.41) is 10.7. The Hall–Kier alpha value is -1.51. The maximum absolute atomic E-state index is 11.9. The van der Waals surface area contributed by atoms with Crippen LogP contribution in [0.2, 0.25) is 0 Å². The summed E-state index contributed by atoms with van der Waals surface area (Å²) in [5.41, 5.74) is 5.05. The first kappa shape index (κ1) is 12.0. The molecule has 1 fully saturated rings. The molecule has 1 aromatic carbocycles. The lowest BCUT2D eigenvalue weighted by Gasteiger charge is -2.05. The van der Waals surface area contributed by atoms with Gasteiger partial charge in [0, 0.05) is 18.2 Å². The second-order valence-corrected chi connectivity index (χ2v) is 5.53. The van der Waals surface area contributed by atoms with E-state index in [4.69, 9.17) is 5.73 Å². The monoisotopic (exact) mass is 257 g/mol. The maximum atomic E-state index is 11.9. The Morgan fingerprint density at radius 1 is 1.41 bits per heavy atom. The molecule has 3 N–H and O–H groups in total. The SMILES string of the molecule is N[C@@H]1C[C@H]1NS(=O)(=O)c1ccccc1[N+](=O)[O-]. The lowest BCUT2D eigenvalue weighted by molar-refractivity contribution is -0.387. The van der Waals surface area contributed by atoms with E-state index in [0.29, 0.717) is 6.42 Å². The average Bonchev–Trinajstić information content (AvgIpc) is 2.93. The summed E-state index contributed by atoms with van der Waals surface area (Å²) < 4.78 is 26.1. The van der Waals surface area contributed by atoms with E-state index in [1.165, 1.54) is 18.2 Å². The van der Waals surface area contributed by atoms with Crippen LogP contribution >= 0.6 is 0 Å². The Morgan fingerprint density at radius 2 is 2.00 bits per heavy atom. The highest BCUT2D eigenvalue weighted by molar-refractivity contribution is 7.89. The first-order valence-corrected chi connectivity index (χ1v) is 6.41. The van der Waals surface area contributed by atoms with Crippen LogP contribution in [0.15, 0.2) is 29.2 Å². The molecule has 1 aromatic rings. The highest BCUT2D eigenvalue weighted by atomic mass is 32.2. The molecule has 0 heterocycles. The van der Waals surface area contributed by atoms with Crippen LogP contribution in [0.25, 0.3) is 0 Å². The predicted molar refractivity (Wildman–Crippen MR) is 59.8 cm³/mol. The van der Waals surface area contributed by atoms with E-state index in [2.05, 4.69) is 4.72 Å². The summed E-state index contributed by atoms with van der Waals surface area (Å²) in [5.74, 6) is 0. The van der Waals surface area contributed by atoms with Gasteiger partial charge in [-0.1, -0.05) is 12.1 Å². The number of nitro groups is 1. The summed E-state index contributed by atoms with van der Waals surface area (Å²) in [6.07, 6.45) is 0.555. The van der Waals surface area contributed by atoms with Crippen molar-refractivity contribution < 1.29 is 13.3 Å². The number of benzene rings is 1. The molecule has 7 nitrogen and oxygen atoms in total. The van der Waals surface area contributed by atoms with Crippen molar-refractivity contribution in [1.29, 1.82) is 0 Å². The topological polar surface area (TPSA) is 115 Å². The second-order valence-electron chi connectivity index (χ2n) is 3.85. The zero-order chi connectivity index (χ0) is 12.6. The number of nitrogens with zero attached hydrogens (tertiary/aromatic N) is 1. The maximum Gasteiger partial charge on any atom is 0.289 e. The van der Waals surface area contributed by atoms with E-state index in [0.717, 1.165) is 6.07 Å². The molecule has 17 heavy (non-hydrogen) atoms. The van der Waals surface area contributed by atoms with Crippen LogP contribution < -0.4 is 10.5 Å². The van der Waals surface area contributed by atoms with Gasteiger partial charge in [-0.25, -0.2) is 13.1 Å². The number of nitro benzene ring substituents is 1. The van der Waals surface area contributed by atoms with Crippen LogP contribution in [-0.4, -0.2) is 25.4 Å². The summed E-state index contributed by atoms with van der Waals surface area (Å²) in [7, 11) is -3.88. The van der Waals surface area contributed by atoms with E-state index in [-0.39, 0.29) is 17.0 Å². The first-order valence-electron chi connectivity index (χ1n) is 4.93. The highest BCUT2D eigenvalue weighted by Crippen LogP contribution is 2.26. The number of nitrogens with two attached hydrogens (primary N) is 1. The van der Waals surface area contributed by atoms with E-state index in [1.807, 2.05) is 0 Å². The Balaban J connectivity index is 2.35. The van der Waals surface area contributed by atoms with Crippen LogP contribution in [0, 0.1) is 10.1 Å². The quantitative estimate of drug-likeness (QED) is 0.580. The summed E-state index contributed by atoms with van der Waals surface area (Å²) in [6.45, 7) is 0. The lowest BCUT2D eigenvalue weighted by atomic mass is 10.3. The van der Waals surface area contributed by atoms with Crippen molar-refractivity contribution in [3.05, 3.63) is 34.4 Å². The Kier molecular flexibility index (Phi) is 2.86. The van der Waals surface area contributed by atoms with Crippen LogP contribution in [0.5, 0.6) is 0 Å². The van der Waals surface area contributed by atoms with E-state index in [1.54, 1.807) is 0 Å². The van der Waals surface area contributed by atoms with Crippen molar-refractivity contribution in [2.24, 2.45) is 5.73 Å². The number of rotatable bonds is 4. The summed E-state index contributed by atoms with van der Waals surface area (Å²) in [6, 6.07) is 4.69. The largest absolute Gasteiger partial charge is 0.326 e. The van der Waals surface area contributed by atoms with Crippen molar-refractivity contribution in [2.45, 2.75) is 23.4 Å². The Bertz CT molecular complexity index is 557. The number of nitrogens with one attached hydrogen (secondary N) is 1. The number of sulfonamides is 1. The van der Waals surface area contributed by atoms with E-state index in [9.17, 15) is 18.5 Å². The van der Waals surface area contributed by atoms with Gasteiger partial charge < -0.3 is 5.73 Å². The zero-order valence-electron chi connectivity index (χ0n) is 8.74. The summed E-state index contributed by atoms with van der Waals surface area (Å²) >= 11 is 0. The molecule has 0 aromatic heterocycles. The van der Waals surface area contributed by atoms with Gasteiger partial charge in [-0.15, -0.1) is 0 Å². The van der Waals surface area contributed by atoms with Crippen LogP contribution in [0.1, 0.15) is 6.42 Å². The van der Waals surface area contributed by atoms with Gasteiger partial charge in [-0.2, -0.15) is 0 Å². The zero-order valence-corrected chi connectivity index (χ0v) is 9.55. The van der Waals surface area contributed by atoms with E-state index < -0.39 is 20.6 Å². The first-order chi connectivity index (χ1) is 7.92. The standard InChI is InChI=1S/C9H11N3O4S/c10-6-5-7(6)11-17(15,16)9-4-2-1-3-8(9)12(13)14/h1-4,6-7,11H,5,10H2/t6-,7-/m1/s1. The van der Waals surface area contributed by atoms with Gasteiger partial charge in [-0.3, -0.25) is 10.1 Å². The average molecular weight is 257 g/mol. The molecule has 0 saturated heterocycles. The fraction of sp³-hybridized carbons (Fsp3) is 0.333. The third-order valence-electron chi connectivity index (χ3n) is 2.50. The van der Waals surface area contributed by atoms with Gasteiger partial charge in [0.1, 0.15) is 0 Å². The van der Waals surface area contributed by atoms with Crippen molar-refractivity contribution >= 4 is 15.7 Å². The minimum Gasteiger partial charge on any atom is -0.326 e. The van der Waals surface area contributed by atoms with Crippen LogP contribution in [0.4, 0.5) is 5.69 Å². The molecule has 1 saturated carbocycles. The number of hydrogen-bond acceptors (Lipinski definition) is 5. The van der Waals surface area contributed by atoms with Crippen molar-refractivity contribution in [3.63, 3.8) is 0 Å². The molecule has 8 heteroatoms. The van der Waals surface area contributed by atoms with Gasteiger partial charge in [0.25, 0.3) is 5.69 Å². The molecule has 0 radical (unpaired) electrons. The summed E-state index contributed by atoms with van der Waals surface area (Å²) in [4.78, 5) is 9.67. The third-order valence-corrected chi connectivity index (χ3v) is 4.04. The molecule has 0 unspecified atom stereocenters. The van der Waals surface area contributed by atoms with Gasteiger partial charge >= 0.3 is 0 Å². The Morgan fingerprint density at radius 3 is 2.53 bits per heavy atom. The predicted octanol–water partition coefficient (Wildman–Crippen LogP) is -0.0273.